The van der Waals surface area contributed by atoms with Gasteiger partial charge in [0, 0.05) is 6.20 Å². The number of benzene rings is 1. The van der Waals surface area contributed by atoms with Crippen molar-refractivity contribution in [2.45, 2.75) is 0 Å². The summed E-state index contributed by atoms with van der Waals surface area (Å²) >= 11 is 6.14. The molecule has 90 valence electrons. The third kappa shape index (κ3) is 1.64. The molecule has 0 unspecified atom stereocenters. The molecule has 0 bridgehead atoms. The van der Waals surface area contributed by atoms with Gasteiger partial charge >= 0.3 is 0 Å². The molecule has 0 radical (unpaired) electrons. The molecule has 0 aliphatic heterocycles. The molecule has 18 heavy (non-hydrogen) atoms. The Morgan fingerprint density at radius 3 is 2.89 bits per heavy atom. The van der Waals surface area contributed by atoms with Gasteiger partial charge in [0.1, 0.15) is 11.6 Å². The predicted molar refractivity (Wildman–Crippen MR) is 72.2 cm³/mol. The van der Waals surface area contributed by atoms with Crippen LogP contribution < -0.4 is 4.74 Å². The number of pyridine rings is 1. The Kier molecular flexibility index (Phi) is 2.68. The van der Waals surface area contributed by atoms with E-state index in [0.717, 1.165) is 16.9 Å². The fraction of sp³-hybridized carbons (Fsp3) is 0.0714. The Labute approximate surface area is 110 Å². The van der Waals surface area contributed by atoms with E-state index in [9.17, 15) is 0 Å². The van der Waals surface area contributed by atoms with Gasteiger partial charge in [0.2, 0.25) is 0 Å². The number of rotatable bonds is 2. The molecule has 3 nitrogen and oxygen atoms in total. The summed E-state index contributed by atoms with van der Waals surface area (Å²) in [5.74, 6) is 1.47. The zero-order chi connectivity index (χ0) is 12.5. The van der Waals surface area contributed by atoms with Crippen LogP contribution in [0.15, 0.2) is 48.8 Å². The van der Waals surface area contributed by atoms with E-state index in [-0.39, 0.29) is 0 Å². The second kappa shape index (κ2) is 4.35. The number of para-hydroxylation sites is 1. The lowest BCUT2D eigenvalue weighted by Gasteiger charge is -2.09. The summed E-state index contributed by atoms with van der Waals surface area (Å²) in [7, 11) is 1.61. The summed E-state index contributed by atoms with van der Waals surface area (Å²) < 4.78 is 7.37. The number of hydrogen-bond donors (Lipinski definition) is 0. The van der Waals surface area contributed by atoms with Crippen molar-refractivity contribution < 1.29 is 4.74 Å². The quantitative estimate of drug-likeness (QED) is 0.701. The van der Waals surface area contributed by atoms with E-state index in [1.54, 1.807) is 13.2 Å². The van der Waals surface area contributed by atoms with Crippen molar-refractivity contribution in [3.8, 4) is 17.1 Å². The average molecular weight is 259 g/mol. The van der Waals surface area contributed by atoms with E-state index in [1.165, 1.54) is 0 Å². The maximum atomic E-state index is 6.14. The van der Waals surface area contributed by atoms with Crippen LogP contribution in [0, 0.1) is 0 Å². The number of hydrogen-bond acceptors (Lipinski definition) is 2. The molecule has 0 fully saturated rings. The van der Waals surface area contributed by atoms with Crippen LogP contribution in [0.1, 0.15) is 0 Å². The Bertz CT molecular complexity index is 706. The normalized spacial score (nSPS) is 10.8. The van der Waals surface area contributed by atoms with Gasteiger partial charge in [0.25, 0.3) is 0 Å². The van der Waals surface area contributed by atoms with Crippen molar-refractivity contribution >= 4 is 17.1 Å². The molecule has 0 amide bonds. The van der Waals surface area contributed by atoms with Crippen molar-refractivity contribution in [3.05, 3.63) is 53.8 Å². The van der Waals surface area contributed by atoms with Crippen LogP contribution in [0.5, 0.6) is 5.75 Å². The second-order valence-electron chi connectivity index (χ2n) is 3.90. The maximum Gasteiger partial charge on any atom is 0.148 e. The third-order valence-corrected chi connectivity index (χ3v) is 3.15. The number of halogens is 1. The average Bonchev–Trinajstić information content (AvgIpc) is 2.82. The largest absolute Gasteiger partial charge is 0.494 e. The first kappa shape index (κ1) is 11.1. The van der Waals surface area contributed by atoms with Gasteiger partial charge in [-0.1, -0.05) is 23.7 Å². The fourth-order valence-corrected chi connectivity index (χ4v) is 2.29. The molecular formula is C14H11ClN2O. The number of fused-ring (bicyclic) bond motifs is 1. The Morgan fingerprint density at radius 2 is 2.06 bits per heavy atom. The van der Waals surface area contributed by atoms with Gasteiger partial charge in [-0.3, -0.25) is 4.40 Å². The van der Waals surface area contributed by atoms with Crippen molar-refractivity contribution in [2.75, 3.05) is 7.11 Å². The van der Waals surface area contributed by atoms with Crippen molar-refractivity contribution in [1.29, 1.82) is 0 Å². The van der Waals surface area contributed by atoms with Crippen LogP contribution in [0.3, 0.4) is 0 Å². The number of ether oxygens (including phenoxy) is 1. The smallest absolute Gasteiger partial charge is 0.148 e. The topological polar surface area (TPSA) is 26.5 Å². The summed E-state index contributed by atoms with van der Waals surface area (Å²) in [6.45, 7) is 0. The van der Waals surface area contributed by atoms with Crippen molar-refractivity contribution in [3.63, 3.8) is 0 Å². The van der Waals surface area contributed by atoms with Crippen molar-refractivity contribution in [2.24, 2.45) is 0 Å². The molecular weight excluding hydrogens is 248 g/mol. The number of imidazole rings is 1. The summed E-state index contributed by atoms with van der Waals surface area (Å²) in [4.78, 5) is 4.44. The van der Waals surface area contributed by atoms with Gasteiger partial charge < -0.3 is 4.74 Å². The van der Waals surface area contributed by atoms with Crippen LogP contribution >= 0.6 is 11.6 Å². The molecule has 0 spiro atoms. The molecule has 0 saturated heterocycles. The van der Waals surface area contributed by atoms with Gasteiger partial charge in [-0.05, 0) is 24.3 Å². The minimum absolute atomic E-state index is 0.586. The van der Waals surface area contributed by atoms with Crippen LogP contribution in [0.4, 0.5) is 0 Å². The first-order chi connectivity index (χ1) is 8.81. The lowest BCUT2D eigenvalue weighted by Crippen LogP contribution is -1.93. The minimum atomic E-state index is 0.586. The molecule has 1 aromatic carbocycles. The molecule has 0 saturated carbocycles. The molecule has 0 aliphatic rings. The van der Waals surface area contributed by atoms with E-state index in [0.29, 0.717) is 10.8 Å². The lowest BCUT2D eigenvalue weighted by molar-refractivity contribution is 0.416. The molecule has 0 N–H and O–H groups in total. The van der Waals surface area contributed by atoms with E-state index < -0.39 is 0 Å². The standard InChI is InChI=1S/C14H11ClN2O/c1-18-13-11(6-4-7-12(13)15)14-16-9-10-5-2-3-8-17(10)14/h2-9H,1H3. The van der Waals surface area contributed by atoms with Crippen LogP contribution in [0.25, 0.3) is 16.9 Å². The summed E-state index contributed by atoms with van der Waals surface area (Å²) in [5.41, 5.74) is 1.92. The van der Waals surface area contributed by atoms with Gasteiger partial charge in [0.05, 0.1) is 29.4 Å². The number of aromatic nitrogens is 2. The van der Waals surface area contributed by atoms with Crippen LogP contribution in [0.2, 0.25) is 5.02 Å². The summed E-state index contributed by atoms with van der Waals surface area (Å²) in [6, 6.07) is 11.6. The van der Waals surface area contributed by atoms with Gasteiger partial charge in [-0.2, -0.15) is 0 Å². The number of methoxy groups -OCH3 is 1. The van der Waals surface area contributed by atoms with Gasteiger partial charge in [-0.25, -0.2) is 4.98 Å². The Balaban J connectivity index is 2.30. The van der Waals surface area contributed by atoms with Crippen molar-refractivity contribution in [1.82, 2.24) is 9.38 Å². The monoisotopic (exact) mass is 258 g/mol. The fourth-order valence-electron chi connectivity index (χ4n) is 2.04. The molecule has 3 aromatic rings. The highest BCUT2D eigenvalue weighted by molar-refractivity contribution is 6.32. The molecule has 2 aromatic heterocycles. The SMILES string of the molecule is COc1c(Cl)cccc1-c1ncc2ccccn12. The highest BCUT2D eigenvalue weighted by Crippen LogP contribution is 2.35. The molecule has 0 atom stereocenters. The van der Waals surface area contributed by atoms with E-state index in [1.807, 2.05) is 47.1 Å². The zero-order valence-electron chi connectivity index (χ0n) is 9.80. The molecule has 2 heterocycles. The summed E-state index contributed by atoms with van der Waals surface area (Å²) in [6.07, 6.45) is 3.80. The van der Waals surface area contributed by atoms with Crippen LogP contribution in [-0.4, -0.2) is 16.5 Å². The molecule has 4 heteroatoms. The Hall–Kier alpha value is -2.00. The highest BCUT2D eigenvalue weighted by Gasteiger charge is 2.13. The van der Waals surface area contributed by atoms with E-state index in [4.69, 9.17) is 16.3 Å². The van der Waals surface area contributed by atoms with E-state index in [2.05, 4.69) is 4.98 Å². The Morgan fingerprint density at radius 1 is 1.17 bits per heavy atom. The molecule has 0 aliphatic carbocycles. The van der Waals surface area contributed by atoms with Crippen LogP contribution in [-0.2, 0) is 0 Å². The third-order valence-electron chi connectivity index (χ3n) is 2.85. The minimum Gasteiger partial charge on any atom is -0.494 e. The first-order valence-corrected chi connectivity index (χ1v) is 5.94. The first-order valence-electron chi connectivity index (χ1n) is 5.56. The van der Waals surface area contributed by atoms with Gasteiger partial charge in [0.15, 0.2) is 0 Å². The number of nitrogens with zero attached hydrogens (tertiary/aromatic N) is 2. The zero-order valence-corrected chi connectivity index (χ0v) is 10.6. The lowest BCUT2D eigenvalue weighted by atomic mass is 10.2. The second-order valence-corrected chi connectivity index (χ2v) is 4.31. The predicted octanol–water partition coefficient (Wildman–Crippen LogP) is 3.66. The van der Waals surface area contributed by atoms with E-state index >= 15 is 0 Å². The van der Waals surface area contributed by atoms with Gasteiger partial charge in [-0.15, -0.1) is 0 Å². The molecule has 3 rings (SSSR count). The highest BCUT2D eigenvalue weighted by atomic mass is 35.5. The maximum absolute atomic E-state index is 6.14. The summed E-state index contributed by atoms with van der Waals surface area (Å²) in [5, 5.41) is 0.586.